The van der Waals surface area contributed by atoms with Crippen molar-refractivity contribution in [3.8, 4) is 0 Å². The molecule has 0 saturated heterocycles. The van der Waals surface area contributed by atoms with Gasteiger partial charge >= 0.3 is 5.97 Å². The number of nitrogens with zero attached hydrogens (tertiary/aromatic N) is 2. The first kappa shape index (κ1) is 15.0. The SMILES string of the molecule is CCN(Cc1cccs1)c1ccc(C(=O)O)cc1[N+](=O)[O-]. The molecular weight excluding hydrogens is 292 g/mol. The van der Waals surface area contributed by atoms with Crippen LogP contribution in [0.25, 0.3) is 0 Å². The lowest BCUT2D eigenvalue weighted by Crippen LogP contribution is -2.22. The Labute approximate surface area is 125 Å². The van der Waals surface area contributed by atoms with Gasteiger partial charge in [-0.25, -0.2) is 4.79 Å². The molecule has 0 unspecified atom stereocenters. The van der Waals surface area contributed by atoms with Crippen molar-refractivity contribution < 1.29 is 14.8 Å². The Bertz CT molecular complexity index is 655. The standard InChI is InChI=1S/C14H14N2O4S/c1-2-15(9-11-4-3-7-21-11)12-6-5-10(14(17)18)8-13(12)16(19)20/h3-8H,2,9H2,1H3,(H,17,18). The van der Waals surface area contributed by atoms with Crippen LogP contribution >= 0.6 is 11.3 Å². The molecule has 0 bridgehead atoms. The molecule has 7 heteroatoms. The van der Waals surface area contributed by atoms with Gasteiger partial charge in [0.1, 0.15) is 5.69 Å². The average Bonchev–Trinajstić information content (AvgIpc) is 2.97. The van der Waals surface area contributed by atoms with Gasteiger partial charge < -0.3 is 10.0 Å². The van der Waals surface area contributed by atoms with Crippen molar-refractivity contribution in [2.24, 2.45) is 0 Å². The molecule has 21 heavy (non-hydrogen) atoms. The van der Waals surface area contributed by atoms with E-state index in [0.717, 1.165) is 10.9 Å². The molecule has 0 radical (unpaired) electrons. The summed E-state index contributed by atoms with van der Waals surface area (Å²) in [4.78, 5) is 24.6. The predicted molar refractivity (Wildman–Crippen MR) is 81.1 cm³/mol. The van der Waals surface area contributed by atoms with E-state index in [9.17, 15) is 14.9 Å². The molecule has 1 aromatic heterocycles. The number of hydrogen-bond donors (Lipinski definition) is 1. The molecule has 2 aromatic rings. The Morgan fingerprint density at radius 3 is 2.71 bits per heavy atom. The summed E-state index contributed by atoms with van der Waals surface area (Å²) in [5, 5.41) is 22.1. The lowest BCUT2D eigenvalue weighted by atomic mass is 10.1. The van der Waals surface area contributed by atoms with Crippen LogP contribution < -0.4 is 4.90 Å². The number of carbonyl (C=O) groups is 1. The first-order valence-electron chi connectivity index (χ1n) is 6.32. The van der Waals surface area contributed by atoms with Crippen molar-refractivity contribution >= 4 is 28.7 Å². The van der Waals surface area contributed by atoms with Gasteiger partial charge in [-0.1, -0.05) is 6.07 Å². The number of carboxylic acid groups (broad SMARTS) is 1. The number of rotatable bonds is 6. The average molecular weight is 306 g/mol. The summed E-state index contributed by atoms with van der Waals surface area (Å²) in [6, 6.07) is 7.88. The van der Waals surface area contributed by atoms with Crippen molar-refractivity contribution in [2.45, 2.75) is 13.5 Å². The number of aromatic carboxylic acids is 1. The molecule has 110 valence electrons. The monoisotopic (exact) mass is 306 g/mol. The minimum absolute atomic E-state index is 0.0855. The molecule has 0 saturated carbocycles. The Morgan fingerprint density at radius 1 is 1.43 bits per heavy atom. The van der Waals surface area contributed by atoms with Gasteiger partial charge in [-0.15, -0.1) is 11.3 Å². The van der Waals surface area contributed by atoms with Gasteiger partial charge in [0.15, 0.2) is 0 Å². The topological polar surface area (TPSA) is 83.7 Å². The second-order valence-electron chi connectivity index (χ2n) is 4.36. The quantitative estimate of drug-likeness (QED) is 0.653. The van der Waals surface area contributed by atoms with E-state index in [2.05, 4.69) is 0 Å². The van der Waals surface area contributed by atoms with Crippen LogP contribution in [0, 0.1) is 10.1 Å². The van der Waals surface area contributed by atoms with Gasteiger partial charge in [0, 0.05) is 17.5 Å². The molecule has 1 heterocycles. The number of nitro benzene ring substituents is 1. The summed E-state index contributed by atoms with van der Waals surface area (Å²) in [6.07, 6.45) is 0. The Morgan fingerprint density at radius 2 is 2.19 bits per heavy atom. The van der Waals surface area contributed by atoms with E-state index < -0.39 is 10.9 Å². The maximum atomic E-state index is 11.2. The van der Waals surface area contributed by atoms with Crippen molar-refractivity contribution in [1.82, 2.24) is 0 Å². The van der Waals surface area contributed by atoms with Crippen LogP contribution in [-0.2, 0) is 6.54 Å². The second kappa shape index (κ2) is 6.36. The molecule has 6 nitrogen and oxygen atoms in total. The van der Waals surface area contributed by atoms with E-state index in [0.29, 0.717) is 18.8 Å². The van der Waals surface area contributed by atoms with Gasteiger partial charge in [-0.3, -0.25) is 10.1 Å². The summed E-state index contributed by atoms with van der Waals surface area (Å²) in [7, 11) is 0. The number of nitro groups is 1. The van der Waals surface area contributed by atoms with E-state index in [1.165, 1.54) is 12.1 Å². The van der Waals surface area contributed by atoms with E-state index in [-0.39, 0.29) is 11.3 Å². The highest BCUT2D eigenvalue weighted by Gasteiger charge is 2.21. The number of hydrogen-bond acceptors (Lipinski definition) is 5. The van der Waals surface area contributed by atoms with Crippen LogP contribution in [0.4, 0.5) is 11.4 Å². The van der Waals surface area contributed by atoms with Crippen LogP contribution in [-0.4, -0.2) is 22.5 Å². The molecule has 0 fully saturated rings. The lowest BCUT2D eigenvalue weighted by molar-refractivity contribution is -0.384. The molecule has 0 atom stereocenters. The fourth-order valence-corrected chi connectivity index (χ4v) is 2.75. The molecule has 0 aliphatic carbocycles. The molecule has 1 N–H and O–H groups in total. The highest BCUT2D eigenvalue weighted by atomic mass is 32.1. The van der Waals surface area contributed by atoms with Crippen molar-refractivity contribution in [1.29, 1.82) is 0 Å². The summed E-state index contributed by atoms with van der Waals surface area (Å²) < 4.78 is 0. The van der Waals surface area contributed by atoms with Gasteiger partial charge in [-0.05, 0) is 30.5 Å². The summed E-state index contributed by atoms with van der Waals surface area (Å²) in [5.41, 5.74) is 0.159. The number of anilines is 1. The minimum atomic E-state index is -1.18. The third-order valence-corrected chi connectivity index (χ3v) is 3.93. The lowest BCUT2D eigenvalue weighted by Gasteiger charge is -2.22. The Kier molecular flexibility index (Phi) is 4.54. The third-order valence-electron chi connectivity index (χ3n) is 3.07. The number of carboxylic acids is 1. The molecule has 0 aliphatic heterocycles. The zero-order valence-corrected chi connectivity index (χ0v) is 12.2. The fourth-order valence-electron chi connectivity index (χ4n) is 2.03. The van der Waals surface area contributed by atoms with Gasteiger partial charge in [-0.2, -0.15) is 0 Å². The molecule has 0 spiro atoms. The van der Waals surface area contributed by atoms with Crippen molar-refractivity contribution in [3.05, 3.63) is 56.3 Å². The number of thiophene rings is 1. The van der Waals surface area contributed by atoms with Gasteiger partial charge in [0.2, 0.25) is 0 Å². The van der Waals surface area contributed by atoms with Crippen LogP contribution in [0.5, 0.6) is 0 Å². The molecular formula is C14H14N2O4S. The normalized spacial score (nSPS) is 10.3. The second-order valence-corrected chi connectivity index (χ2v) is 5.39. The highest BCUT2D eigenvalue weighted by Crippen LogP contribution is 2.30. The van der Waals surface area contributed by atoms with Gasteiger partial charge in [0.25, 0.3) is 5.69 Å². The summed E-state index contributed by atoms with van der Waals surface area (Å²) in [5.74, 6) is -1.18. The third kappa shape index (κ3) is 3.38. The van der Waals surface area contributed by atoms with Crippen LogP contribution in [0.15, 0.2) is 35.7 Å². The molecule has 1 aromatic carbocycles. The van der Waals surface area contributed by atoms with Crippen molar-refractivity contribution in [2.75, 3.05) is 11.4 Å². The Hall–Kier alpha value is -2.41. The van der Waals surface area contributed by atoms with Crippen LogP contribution in [0.1, 0.15) is 22.2 Å². The van der Waals surface area contributed by atoms with Crippen molar-refractivity contribution in [3.63, 3.8) is 0 Å². The highest BCUT2D eigenvalue weighted by molar-refractivity contribution is 7.09. The van der Waals surface area contributed by atoms with E-state index in [1.807, 2.05) is 29.3 Å². The first-order valence-corrected chi connectivity index (χ1v) is 7.20. The molecule has 0 amide bonds. The molecule has 2 rings (SSSR count). The van der Waals surface area contributed by atoms with E-state index in [1.54, 1.807) is 11.3 Å². The summed E-state index contributed by atoms with van der Waals surface area (Å²) >= 11 is 1.58. The minimum Gasteiger partial charge on any atom is -0.478 e. The zero-order valence-electron chi connectivity index (χ0n) is 11.4. The predicted octanol–water partition coefficient (Wildman–Crippen LogP) is 3.38. The number of benzene rings is 1. The Balaban J connectivity index is 2.40. The maximum absolute atomic E-state index is 11.2. The zero-order chi connectivity index (χ0) is 15.4. The van der Waals surface area contributed by atoms with E-state index >= 15 is 0 Å². The van der Waals surface area contributed by atoms with E-state index in [4.69, 9.17) is 5.11 Å². The largest absolute Gasteiger partial charge is 0.478 e. The fraction of sp³-hybridized carbons (Fsp3) is 0.214. The van der Waals surface area contributed by atoms with Crippen LogP contribution in [0.2, 0.25) is 0 Å². The summed E-state index contributed by atoms with van der Waals surface area (Å²) in [6.45, 7) is 3.05. The molecule has 0 aliphatic rings. The maximum Gasteiger partial charge on any atom is 0.335 e. The first-order chi connectivity index (χ1) is 10.0. The van der Waals surface area contributed by atoms with Gasteiger partial charge in [0.05, 0.1) is 17.0 Å². The van der Waals surface area contributed by atoms with Crippen LogP contribution in [0.3, 0.4) is 0 Å². The smallest absolute Gasteiger partial charge is 0.335 e.